The molecule has 102 valence electrons. The SMILES string of the molecule is CC(Cn1cccn1)NC1CCCc2sc(Br)cc21. The van der Waals surface area contributed by atoms with Crippen LogP contribution in [0.1, 0.15) is 36.2 Å². The number of rotatable bonds is 4. The lowest BCUT2D eigenvalue weighted by molar-refractivity contribution is 0.372. The molecule has 3 rings (SSSR count). The molecule has 1 aliphatic carbocycles. The van der Waals surface area contributed by atoms with E-state index < -0.39 is 0 Å². The molecule has 3 nitrogen and oxygen atoms in total. The molecular weight excluding hydrogens is 322 g/mol. The number of aryl methyl sites for hydroxylation is 1. The summed E-state index contributed by atoms with van der Waals surface area (Å²) in [5, 5.41) is 8.02. The Bertz CT molecular complexity index is 535. The molecule has 2 heterocycles. The molecule has 0 aliphatic heterocycles. The van der Waals surface area contributed by atoms with E-state index in [0.717, 1.165) is 6.54 Å². The van der Waals surface area contributed by atoms with Crippen molar-refractivity contribution in [3.63, 3.8) is 0 Å². The van der Waals surface area contributed by atoms with Gasteiger partial charge in [0.05, 0.1) is 10.3 Å². The molecule has 0 spiro atoms. The Kier molecular flexibility index (Phi) is 4.05. The molecule has 0 aromatic carbocycles. The summed E-state index contributed by atoms with van der Waals surface area (Å²) in [4.78, 5) is 1.54. The third-order valence-electron chi connectivity index (χ3n) is 3.59. The van der Waals surface area contributed by atoms with E-state index >= 15 is 0 Å². The molecule has 2 aromatic heterocycles. The zero-order valence-corrected chi connectivity index (χ0v) is 13.4. The number of fused-ring (bicyclic) bond motifs is 1. The van der Waals surface area contributed by atoms with Gasteiger partial charge in [-0.3, -0.25) is 4.68 Å². The van der Waals surface area contributed by atoms with E-state index in [0.29, 0.717) is 12.1 Å². The largest absolute Gasteiger partial charge is 0.306 e. The Morgan fingerprint density at radius 1 is 1.63 bits per heavy atom. The van der Waals surface area contributed by atoms with E-state index in [1.54, 1.807) is 4.88 Å². The molecule has 19 heavy (non-hydrogen) atoms. The van der Waals surface area contributed by atoms with E-state index in [1.807, 2.05) is 34.5 Å². The molecule has 0 fully saturated rings. The van der Waals surface area contributed by atoms with Gasteiger partial charge in [0, 0.05) is 29.4 Å². The van der Waals surface area contributed by atoms with Crippen molar-refractivity contribution in [1.82, 2.24) is 15.1 Å². The lowest BCUT2D eigenvalue weighted by Crippen LogP contribution is -2.35. The van der Waals surface area contributed by atoms with E-state index in [9.17, 15) is 0 Å². The van der Waals surface area contributed by atoms with Crippen LogP contribution in [0.15, 0.2) is 28.3 Å². The van der Waals surface area contributed by atoms with Gasteiger partial charge in [-0.15, -0.1) is 11.3 Å². The first-order valence-electron chi connectivity index (χ1n) is 6.74. The van der Waals surface area contributed by atoms with Crippen LogP contribution < -0.4 is 5.32 Å². The first kappa shape index (κ1) is 13.3. The van der Waals surface area contributed by atoms with Gasteiger partial charge in [-0.1, -0.05) is 0 Å². The number of hydrogen-bond donors (Lipinski definition) is 1. The van der Waals surface area contributed by atoms with E-state index in [4.69, 9.17) is 0 Å². The topological polar surface area (TPSA) is 29.9 Å². The predicted octanol–water partition coefficient (Wildman–Crippen LogP) is 3.76. The summed E-state index contributed by atoms with van der Waals surface area (Å²) in [5.74, 6) is 0. The second kappa shape index (κ2) is 5.77. The van der Waals surface area contributed by atoms with Crippen LogP contribution in [-0.4, -0.2) is 15.8 Å². The number of halogens is 1. The third kappa shape index (κ3) is 3.09. The molecule has 1 aliphatic rings. The van der Waals surface area contributed by atoms with Gasteiger partial charge in [-0.05, 0) is 59.8 Å². The van der Waals surface area contributed by atoms with Gasteiger partial charge in [0.2, 0.25) is 0 Å². The van der Waals surface area contributed by atoms with Crippen molar-refractivity contribution in [1.29, 1.82) is 0 Å². The van der Waals surface area contributed by atoms with Crippen LogP contribution in [0.4, 0.5) is 0 Å². The average molecular weight is 340 g/mol. The first-order chi connectivity index (χ1) is 9.22. The van der Waals surface area contributed by atoms with Crippen LogP contribution in [0.25, 0.3) is 0 Å². The zero-order valence-electron chi connectivity index (χ0n) is 11.0. The summed E-state index contributed by atoms with van der Waals surface area (Å²) in [6.45, 7) is 3.15. The van der Waals surface area contributed by atoms with Crippen LogP contribution in [-0.2, 0) is 13.0 Å². The number of thiophene rings is 1. The molecule has 0 bridgehead atoms. The smallest absolute Gasteiger partial charge is 0.0704 e. The molecule has 0 radical (unpaired) electrons. The van der Waals surface area contributed by atoms with Crippen LogP contribution in [0.2, 0.25) is 0 Å². The van der Waals surface area contributed by atoms with Crippen molar-refractivity contribution in [3.8, 4) is 0 Å². The molecule has 0 saturated carbocycles. The number of nitrogens with one attached hydrogen (secondary N) is 1. The van der Waals surface area contributed by atoms with Gasteiger partial charge in [0.15, 0.2) is 0 Å². The molecule has 2 atom stereocenters. The highest BCUT2D eigenvalue weighted by Gasteiger charge is 2.23. The van der Waals surface area contributed by atoms with Gasteiger partial charge >= 0.3 is 0 Å². The highest BCUT2D eigenvalue weighted by atomic mass is 79.9. The highest BCUT2D eigenvalue weighted by Crippen LogP contribution is 2.38. The number of nitrogens with zero attached hydrogens (tertiary/aromatic N) is 2. The minimum Gasteiger partial charge on any atom is -0.306 e. The van der Waals surface area contributed by atoms with Crippen molar-refractivity contribution in [2.24, 2.45) is 0 Å². The number of aromatic nitrogens is 2. The van der Waals surface area contributed by atoms with Crippen molar-refractivity contribution in [2.75, 3.05) is 0 Å². The monoisotopic (exact) mass is 339 g/mol. The molecule has 0 saturated heterocycles. The summed E-state index contributed by atoms with van der Waals surface area (Å²) in [6.07, 6.45) is 7.61. The van der Waals surface area contributed by atoms with Crippen LogP contribution >= 0.6 is 27.3 Å². The second-order valence-corrected chi connectivity index (χ2v) is 7.69. The Hall–Kier alpha value is -0.650. The fourth-order valence-corrected chi connectivity index (χ4v) is 4.60. The summed E-state index contributed by atoms with van der Waals surface area (Å²) in [6, 6.07) is 5.19. The Labute approximate surface area is 126 Å². The maximum Gasteiger partial charge on any atom is 0.0704 e. The van der Waals surface area contributed by atoms with Crippen LogP contribution in [0, 0.1) is 0 Å². The zero-order chi connectivity index (χ0) is 13.2. The standard InChI is InChI=1S/C14H18BrN3S/c1-10(9-18-7-3-6-16-18)17-12-4-2-5-13-11(12)8-14(15)19-13/h3,6-8,10,12,17H,2,4-5,9H2,1H3. The summed E-state index contributed by atoms with van der Waals surface area (Å²) in [7, 11) is 0. The van der Waals surface area contributed by atoms with Gasteiger partial charge in [-0.25, -0.2) is 0 Å². The van der Waals surface area contributed by atoms with E-state index in [1.165, 1.54) is 28.6 Å². The summed E-state index contributed by atoms with van der Waals surface area (Å²) < 4.78 is 3.25. The van der Waals surface area contributed by atoms with Crippen molar-refractivity contribution >= 4 is 27.3 Å². The van der Waals surface area contributed by atoms with Gasteiger partial charge in [0.25, 0.3) is 0 Å². The molecular formula is C14H18BrN3S. The summed E-state index contributed by atoms with van der Waals surface area (Å²) >= 11 is 5.50. The van der Waals surface area contributed by atoms with Gasteiger partial charge in [-0.2, -0.15) is 5.10 Å². The lowest BCUT2D eigenvalue weighted by atomic mass is 9.93. The van der Waals surface area contributed by atoms with E-state index in [2.05, 4.69) is 39.3 Å². The quantitative estimate of drug-likeness (QED) is 0.918. The molecule has 1 N–H and O–H groups in total. The van der Waals surface area contributed by atoms with Crippen molar-refractivity contribution in [3.05, 3.63) is 38.8 Å². The van der Waals surface area contributed by atoms with Gasteiger partial charge in [0.1, 0.15) is 0 Å². The van der Waals surface area contributed by atoms with Gasteiger partial charge < -0.3 is 5.32 Å². The van der Waals surface area contributed by atoms with Crippen LogP contribution in [0.3, 0.4) is 0 Å². The summed E-state index contributed by atoms with van der Waals surface area (Å²) in [5.41, 5.74) is 1.50. The predicted molar refractivity (Wildman–Crippen MR) is 82.5 cm³/mol. The van der Waals surface area contributed by atoms with E-state index in [-0.39, 0.29) is 0 Å². The van der Waals surface area contributed by atoms with Crippen molar-refractivity contribution < 1.29 is 0 Å². The minimum atomic E-state index is 0.425. The molecule has 0 amide bonds. The fraction of sp³-hybridized carbons (Fsp3) is 0.500. The molecule has 2 unspecified atom stereocenters. The maximum absolute atomic E-state index is 4.27. The van der Waals surface area contributed by atoms with Crippen molar-refractivity contribution in [2.45, 2.75) is 44.8 Å². The third-order valence-corrected chi connectivity index (χ3v) is 5.30. The van der Waals surface area contributed by atoms with Crippen LogP contribution in [0.5, 0.6) is 0 Å². The molecule has 2 aromatic rings. The maximum atomic E-state index is 4.27. The highest BCUT2D eigenvalue weighted by molar-refractivity contribution is 9.11. The first-order valence-corrected chi connectivity index (χ1v) is 8.35. The molecule has 5 heteroatoms. The lowest BCUT2D eigenvalue weighted by Gasteiger charge is -2.27. The number of hydrogen-bond acceptors (Lipinski definition) is 3. The average Bonchev–Trinajstić information content (AvgIpc) is 2.97. The second-order valence-electron chi connectivity index (χ2n) is 5.17. The fourth-order valence-electron chi connectivity index (χ4n) is 2.78. The normalized spacial score (nSPS) is 20.2. The Morgan fingerprint density at radius 2 is 2.53 bits per heavy atom. The Morgan fingerprint density at radius 3 is 3.32 bits per heavy atom. The Balaban J connectivity index is 1.67. The minimum absolute atomic E-state index is 0.425.